The quantitative estimate of drug-likeness (QED) is 0.625. The van der Waals surface area contributed by atoms with Gasteiger partial charge in [0.1, 0.15) is 0 Å². The molecule has 2 aromatic heterocycles. The molecule has 0 bridgehead atoms. The van der Waals surface area contributed by atoms with Gasteiger partial charge in [0.2, 0.25) is 0 Å². The number of hydrogen-bond donors (Lipinski definition) is 1. The van der Waals surface area contributed by atoms with Crippen molar-refractivity contribution in [2.75, 3.05) is 12.3 Å². The van der Waals surface area contributed by atoms with Gasteiger partial charge in [0.15, 0.2) is 10.8 Å². The van der Waals surface area contributed by atoms with Crippen molar-refractivity contribution in [2.24, 2.45) is 11.1 Å². The van der Waals surface area contributed by atoms with E-state index in [1.807, 2.05) is 28.8 Å². The number of thioether (sulfide) groups is 1. The van der Waals surface area contributed by atoms with E-state index in [0.717, 1.165) is 23.1 Å². The van der Waals surface area contributed by atoms with Gasteiger partial charge in [-0.2, -0.15) is 0 Å². The van der Waals surface area contributed by atoms with Gasteiger partial charge in [-0.05, 0) is 36.9 Å². The highest BCUT2D eigenvalue weighted by molar-refractivity contribution is 7.99. The first-order valence-corrected chi connectivity index (χ1v) is 7.74. The molecule has 0 aromatic carbocycles. The van der Waals surface area contributed by atoms with Gasteiger partial charge in [0.25, 0.3) is 0 Å². The van der Waals surface area contributed by atoms with Crippen LogP contribution < -0.4 is 5.73 Å². The second-order valence-corrected chi connectivity index (χ2v) is 6.65. The number of unbranched alkanes of at least 4 members (excludes halogenated alkanes) is 1. The normalized spacial score (nSPS) is 12.2. The second-order valence-electron chi connectivity index (χ2n) is 5.59. The molecule has 0 radical (unpaired) electrons. The molecule has 5 heteroatoms. The minimum absolute atomic E-state index is 0.270. The van der Waals surface area contributed by atoms with E-state index in [-0.39, 0.29) is 5.41 Å². The SMILES string of the molecule is CC(C)(CN)CCCCSc1nnc2ccccn12. The molecular weight excluding hydrogens is 256 g/mol. The molecule has 0 saturated heterocycles. The Labute approximate surface area is 118 Å². The van der Waals surface area contributed by atoms with E-state index < -0.39 is 0 Å². The Hall–Kier alpha value is -1.07. The molecule has 19 heavy (non-hydrogen) atoms. The molecule has 0 unspecified atom stereocenters. The fourth-order valence-corrected chi connectivity index (χ4v) is 2.81. The van der Waals surface area contributed by atoms with E-state index in [1.165, 1.54) is 19.3 Å². The van der Waals surface area contributed by atoms with Crippen LogP contribution in [0.25, 0.3) is 5.65 Å². The first kappa shape index (κ1) is 14.3. The predicted molar refractivity (Wildman–Crippen MR) is 80.4 cm³/mol. The molecule has 0 aliphatic heterocycles. The van der Waals surface area contributed by atoms with Gasteiger partial charge in [0.05, 0.1) is 0 Å². The van der Waals surface area contributed by atoms with Crippen LogP contribution in [0.4, 0.5) is 0 Å². The zero-order valence-corrected chi connectivity index (χ0v) is 12.5. The Kier molecular flexibility index (Phi) is 4.82. The summed E-state index contributed by atoms with van der Waals surface area (Å²) in [5.41, 5.74) is 6.92. The number of fused-ring (bicyclic) bond motifs is 1. The summed E-state index contributed by atoms with van der Waals surface area (Å²) < 4.78 is 2.04. The summed E-state index contributed by atoms with van der Waals surface area (Å²) in [6.45, 7) is 5.22. The molecule has 0 aliphatic carbocycles. The van der Waals surface area contributed by atoms with E-state index in [4.69, 9.17) is 5.73 Å². The standard InChI is InChI=1S/C14H22N4S/c1-14(2,11-15)8-4-6-10-19-13-17-16-12-7-3-5-9-18(12)13/h3,5,7,9H,4,6,8,10-11,15H2,1-2H3. The smallest absolute Gasteiger partial charge is 0.195 e. The fourth-order valence-electron chi connectivity index (χ4n) is 1.89. The summed E-state index contributed by atoms with van der Waals surface area (Å²) in [6, 6.07) is 5.96. The van der Waals surface area contributed by atoms with Crippen LogP contribution in [0.15, 0.2) is 29.6 Å². The van der Waals surface area contributed by atoms with Crippen LogP contribution in [-0.2, 0) is 0 Å². The number of pyridine rings is 1. The van der Waals surface area contributed by atoms with Crippen LogP contribution >= 0.6 is 11.8 Å². The molecule has 0 spiro atoms. The molecular formula is C14H22N4S. The number of rotatable bonds is 7. The van der Waals surface area contributed by atoms with Gasteiger partial charge in [-0.1, -0.05) is 38.1 Å². The summed E-state index contributed by atoms with van der Waals surface area (Å²) in [6.07, 6.45) is 5.60. The lowest BCUT2D eigenvalue weighted by Gasteiger charge is -2.21. The molecule has 2 aromatic rings. The van der Waals surface area contributed by atoms with Crippen molar-refractivity contribution in [1.82, 2.24) is 14.6 Å². The third-order valence-corrected chi connectivity index (χ3v) is 4.34. The van der Waals surface area contributed by atoms with Crippen LogP contribution in [0.1, 0.15) is 33.1 Å². The number of aromatic nitrogens is 3. The maximum absolute atomic E-state index is 5.73. The van der Waals surface area contributed by atoms with Crippen LogP contribution in [-0.4, -0.2) is 26.9 Å². The second kappa shape index (κ2) is 6.39. The van der Waals surface area contributed by atoms with Crippen molar-refractivity contribution in [1.29, 1.82) is 0 Å². The number of nitrogens with zero attached hydrogens (tertiary/aromatic N) is 3. The van der Waals surface area contributed by atoms with Crippen LogP contribution in [0.2, 0.25) is 0 Å². The van der Waals surface area contributed by atoms with Crippen molar-refractivity contribution in [3.8, 4) is 0 Å². The third kappa shape index (κ3) is 3.94. The van der Waals surface area contributed by atoms with Gasteiger partial charge < -0.3 is 5.73 Å². The number of hydrogen-bond acceptors (Lipinski definition) is 4. The lowest BCUT2D eigenvalue weighted by atomic mass is 9.88. The summed E-state index contributed by atoms with van der Waals surface area (Å²) in [5.74, 6) is 1.08. The van der Waals surface area contributed by atoms with Crippen LogP contribution in [0.3, 0.4) is 0 Å². The third-order valence-electron chi connectivity index (χ3n) is 3.31. The Morgan fingerprint density at radius 3 is 2.89 bits per heavy atom. The Bertz CT molecular complexity index is 521. The average Bonchev–Trinajstić information content (AvgIpc) is 2.82. The van der Waals surface area contributed by atoms with Gasteiger partial charge in [-0.15, -0.1) is 10.2 Å². The molecule has 0 saturated carbocycles. The Balaban J connectivity index is 1.77. The van der Waals surface area contributed by atoms with Crippen molar-refractivity contribution in [2.45, 2.75) is 38.3 Å². The molecule has 0 fully saturated rings. The lowest BCUT2D eigenvalue weighted by molar-refractivity contribution is 0.336. The molecule has 0 amide bonds. The van der Waals surface area contributed by atoms with Gasteiger partial charge >= 0.3 is 0 Å². The zero-order chi connectivity index (χ0) is 13.7. The van der Waals surface area contributed by atoms with Gasteiger partial charge in [-0.3, -0.25) is 4.40 Å². The van der Waals surface area contributed by atoms with E-state index in [2.05, 4.69) is 24.0 Å². The molecule has 0 aliphatic rings. The summed E-state index contributed by atoms with van der Waals surface area (Å²) in [5, 5.41) is 9.34. The zero-order valence-electron chi connectivity index (χ0n) is 11.7. The minimum Gasteiger partial charge on any atom is -0.330 e. The summed E-state index contributed by atoms with van der Waals surface area (Å²) in [7, 11) is 0. The fraction of sp³-hybridized carbons (Fsp3) is 0.571. The Morgan fingerprint density at radius 2 is 2.11 bits per heavy atom. The maximum Gasteiger partial charge on any atom is 0.195 e. The van der Waals surface area contributed by atoms with E-state index in [9.17, 15) is 0 Å². The molecule has 104 valence electrons. The van der Waals surface area contributed by atoms with Gasteiger partial charge in [-0.25, -0.2) is 0 Å². The molecule has 4 nitrogen and oxygen atoms in total. The van der Waals surface area contributed by atoms with Gasteiger partial charge in [0, 0.05) is 11.9 Å². The maximum atomic E-state index is 5.73. The topological polar surface area (TPSA) is 56.2 Å². The highest BCUT2D eigenvalue weighted by Crippen LogP contribution is 2.23. The van der Waals surface area contributed by atoms with Crippen molar-refractivity contribution in [3.05, 3.63) is 24.4 Å². The molecule has 2 N–H and O–H groups in total. The largest absolute Gasteiger partial charge is 0.330 e. The summed E-state index contributed by atoms with van der Waals surface area (Å²) >= 11 is 1.77. The first-order valence-electron chi connectivity index (χ1n) is 6.75. The first-order chi connectivity index (χ1) is 9.12. The van der Waals surface area contributed by atoms with E-state index in [1.54, 1.807) is 11.8 Å². The van der Waals surface area contributed by atoms with E-state index in [0.29, 0.717) is 0 Å². The van der Waals surface area contributed by atoms with Crippen molar-refractivity contribution >= 4 is 17.4 Å². The molecule has 0 atom stereocenters. The molecule has 2 heterocycles. The average molecular weight is 278 g/mol. The number of nitrogens with two attached hydrogens (primary N) is 1. The molecule has 2 rings (SSSR count). The summed E-state index contributed by atoms with van der Waals surface area (Å²) in [4.78, 5) is 0. The monoisotopic (exact) mass is 278 g/mol. The minimum atomic E-state index is 0.270. The van der Waals surface area contributed by atoms with Crippen molar-refractivity contribution in [3.63, 3.8) is 0 Å². The highest BCUT2D eigenvalue weighted by atomic mass is 32.2. The predicted octanol–water partition coefficient (Wildman–Crippen LogP) is 2.98. The highest BCUT2D eigenvalue weighted by Gasteiger charge is 2.14. The van der Waals surface area contributed by atoms with Crippen molar-refractivity contribution < 1.29 is 0 Å². The van der Waals surface area contributed by atoms with Crippen LogP contribution in [0.5, 0.6) is 0 Å². The lowest BCUT2D eigenvalue weighted by Crippen LogP contribution is -2.23. The van der Waals surface area contributed by atoms with E-state index >= 15 is 0 Å². The van der Waals surface area contributed by atoms with Crippen LogP contribution in [0, 0.1) is 5.41 Å². The Morgan fingerprint density at radius 1 is 1.26 bits per heavy atom.